The first kappa shape index (κ1) is 19.9. The molecule has 2 heterocycles. The Morgan fingerprint density at radius 1 is 1.13 bits per heavy atom. The Balaban J connectivity index is 1.52. The summed E-state index contributed by atoms with van der Waals surface area (Å²) < 4.78 is 11.8. The van der Waals surface area contributed by atoms with Crippen molar-refractivity contribution in [1.29, 1.82) is 0 Å². The monoisotopic (exact) mass is 406 g/mol. The zero-order valence-corrected chi connectivity index (χ0v) is 17.5. The van der Waals surface area contributed by atoms with E-state index in [4.69, 9.17) is 9.47 Å². The van der Waals surface area contributed by atoms with E-state index in [0.717, 1.165) is 23.0 Å². The van der Waals surface area contributed by atoms with Gasteiger partial charge in [-0.15, -0.1) is 10.2 Å². The normalized spacial score (nSPS) is 16.0. The highest BCUT2D eigenvalue weighted by molar-refractivity contribution is 6.09. The number of nitrogens with zero attached hydrogens (tertiary/aromatic N) is 4. The number of ether oxygens (including phenoxy) is 2. The predicted molar refractivity (Wildman–Crippen MR) is 116 cm³/mol. The maximum atomic E-state index is 13.4. The molecule has 1 aliphatic rings. The van der Waals surface area contributed by atoms with Crippen LogP contribution in [0.15, 0.2) is 48.5 Å². The average molecular weight is 406 g/mol. The van der Waals surface area contributed by atoms with Gasteiger partial charge in [0.25, 0.3) is 5.91 Å². The molecule has 1 aromatic heterocycles. The van der Waals surface area contributed by atoms with Gasteiger partial charge in [-0.25, -0.2) is 0 Å². The molecule has 1 unspecified atom stereocenters. The third kappa shape index (κ3) is 4.01. The minimum atomic E-state index is -0.112. The zero-order chi connectivity index (χ0) is 21.1. The van der Waals surface area contributed by atoms with Crippen LogP contribution in [-0.4, -0.2) is 60.9 Å². The topological polar surface area (TPSA) is 67.8 Å². The number of rotatable bonds is 6. The molecule has 0 saturated carbocycles. The summed E-state index contributed by atoms with van der Waals surface area (Å²) in [4.78, 5) is 17.1. The number of carbonyl (C=O) groups is 1. The van der Waals surface area contributed by atoms with Crippen LogP contribution < -0.4 is 14.4 Å². The van der Waals surface area contributed by atoms with Gasteiger partial charge in [0, 0.05) is 33.1 Å². The number of hydrogen-bond donors (Lipinski definition) is 0. The van der Waals surface area contributed by atoms with Gasteiger partial charge in [0.1, 0.15) is 11.9 Å². The fraction of sp³-hybridized carbons (Fsp3) is 0.348. The Morgan fingerprint density at radius 3 is 2.70 bits per heavy atom. The second kappa shape index (κ2) is 8.57. The molecule has 0 N–H and O–H groups in total. The van der Waals surface area contributed by atoms with Crippen molar-refractivity contribution in [1.82, 2.24) is 15.1 Å². The lowest BCUT2D eigenvalue weighted by Crippen LogP contribution is -2.31. The van der Waals surface area contributed by atoms with Crippen molar-refractivity contribution in [3.05, 3.63) is 54.1 Å². The van der Waals surface area contributed by atoms with Crippen molar-refractivity contribution in [3.63, 3.8) is 0 Å². The molecule has 1 atom stereocenters. The highest BCUT2D eigenvalue weighted by Gasteiger charge is 2.31. The molecule has 0 bridgehead atoms. The molecule has 0 spiro atoms. The van der Waals surface area contributed by atoms with Crippen LogP contribution in [0.25, 0.3) is 10.8 Å². The van der Waals surface area contributed by atoms with E-state index >= 15 is 0 Å². The van der Waals surface area contributed by atoms with E-state index in [1.165, 1.54) is 0 Å². The van der Waals surface area contributed by atoms with E-state index in [0.29, 0.717) is 36.9 Å². The average Bonchev–Trinajstić information content (AvgIpc) is 3.22. The van der Waals surface area contributed by atoms with Crippen LogP contribution in [0.1, 0.15) is 23.7 Å². The number of aromatic nitrogens is 2. The first-order chi connectivity index (χ1) is 14.6. The van der Waals surface area contributed by atoms with Crippen LogP contribution >= 0.6 is 0 Å². The highest BCUT2D eigenvalue weighted by Crippen LogP contribution is 2.31. The Bertz CT molecular complexity index is 1040. The molecule has 4 rings (SSSR count). The van der Waals surface area contributed by atoms with Crippen molar-refractivity contribution in [2.45, 2.75) is 19.4 Å². The Kier molecular flexibility index (Phi) is 5.70. The van der Waals surface area contributed by atoms with Gasteiger partial charge < -0.3 is 19.3 Å². The number of fused-ring (bicyclic) bond motifs is 1. The van der Waals surface area contributed by atoms with Gasteiger partial charge in [-0.3, -0.25) is 4.79 Å². The maximum Gasteiger partial charge on any atom is 0.258 e. The van der Waals surface area contributed by atoms with Crippen LogP contribution in [-0.2, 0) is 0 Å². The molecule has 30 heavy (non-hydrogen) atoms. The molecule has 2 aromatic carbocycles. The standard InChI is InChI=1S/C23H26N4O3/c1-4-29-19-10-9-16-7-5-6-8-18(16)22(19)23(28)27-14-13-17(15-27)30-21-12-11-20(24-25-21)26(2)3/h5-12,17H,4,13-15H2,1-3H3. The number of anilines is 1. The zero-order valence-electron chi connectivity index (χ0n) is 17.5. The van der Waals surface area contributed by atoms with Gasteiger partial charge in [-0.1, -0.05) is 30.3 Å². The summed E-state index contributed by atoms with van der Waals surface area (Å²) in [6.45, 7) is 3.56. The molecule has 1 amide bonds. The van der Waals surface area contributed by atoms with Gasteiger partial charge in [0.05, 0.1) is 18.7 Å². The summed E-state index contributed by atoms with van der Waals surface area (Å²) in [7, 11) is 3.82. The lowest BCUT2D eigenvalue weighted by atomic mass is 10.0. The number of amides is 1. The van der Waals surface area contributed by atoms with E-state index < -0.39 is 0 Å². The van der Waals surface area contributed by atoms with E-state index in [1.54, 1.807) is 0 Å². The van der Waals surface area contributed by atoms with Crippen LogP contribution in [0, 0.1) is 0 Å². The molecular weight excluding hydrogens is 380 g/mol. The molecule has 7 nitrogen and oxygen atoms in total. The second-order valence-corrected chi connectivity index (χ2v) is 7.50. The number of carbonyl (C=O) groups excluding carboxylic acids is 1. The van der Waals surface area contributed by atoms with Crippen molar-refractivity contribution >= 4 is 22.5 Å². The SMILES string of the molecule is CCOc1ccc2ccccc2c1C(=O)N1CCC(Oc2ccc(N(C)C)nn2)C1. The molecule has 1 fully saturated rings. The molecule has 3 aromatic rings. The molecule has 156 valence electrons. The second-order valence-electron chi connectivity index (χ2n) is 7.50. The third-order valence-electron chi connectivity index (χ3n) is 5.21. The summed E-state index contributed by atoms with van der Waals surface area (Å²) in [5, 5.41) is 10.2. The fourth-order valence-corrected chi connectivity index (χ4v) is 3.70. The lowest BCUT2D eigenvalue weighted by molar-refractivity contribution is 0.0769. The van der Waals surface area contributed by atoms with Crippen LogP contribution in [0.4, 0.5) is 5.82 Å². The maximum absolute atomic E-state index is 13.4. The Morgan fingerprint density at radius 2 is 1.97 bits per heavy atom. The van der Waals surface area contributed by atoms with Gasteiger partial charge in [0.2, 0.25) is 5.88 Å². The molecule has 1 aliphatic heterocycles. The lowest BCUT2D eigenvalue weighted by Gasteiger charge is -2.20. The molecule has 0 aliphatic carbocycles. The molecule has 7 heteroatoms. The van der Waals surface area contributed by atoms with Gasteiger partial charge in [-0.05, 0) is 29.8 Å². The number of likely N-dealkylation sites (tertiary alicyclic amines) is 1. The fourth-order valence-electron chi connectivity index (χ4n) is 3.70. The van der Waals surface area contributed by atoms with E-state index in [2.05, 4.69) is 10.2 Å². The Labute approximate surface area is 176 Å². The van der Waals surface area contributed by atoms with Gasteiger partial charge in [-0.2, -0.15) is 0 Å². The highest BCUT2D eigenvalue weighted by atomic mass is 16.5. The minimum absolute atomic E-state index is 0.0320. The summed E-state index contributed by atoms with van der Waals surface area (Å²) in [5.41, 5.74) is 0.616. The van der Waals surface area contributed by atoms with Crippen molar-refractivity contribution < 1.29 is 14.3 Å². The van der Waals surface area contributed by atoms with Gasteiger partial charge >= 0.3 is 0 Å². The molecular formula is C23H26N4O3. The molecule has 1 saturated heterocycles. The van der Waals surface area contributed by atoms with Crippen molar-refractivity contribution in [2.75, 3.05) is 38.7 Å². The third-order valence-corrected chi connectivity index (χ3v) is 5.21. The summed E-state index contributed by atoms with van der Waals surface area (Å²) >= 11 is 0. The van der Waals surface area contributed by atoms with Crippen LogP contribution in [0.3, 0.4) is 0 Å². The first-order valence-corrected chi connectivity index (χ1v) is 10.2. The van der Waals surface area contributed by atoms with E-state index in [1.807, 2.05) is 79.3 Å². The van der Waals surface area contributed by atoms with Gasteiger partial charge in [0.15, 0.2) is 5.82 Å². The smallest absolute Gasteiger partial charge is 0.258 e. The van der Waals surface area contributed by atoms with Crippen LogP contribution in [0.5, 0.6) is 11.6 Å². The molecule has 0 radical (unpaired) electrons. The van der Waals surface area contributed by atoms with Crippen molar-refractivity contribution in [2.24, 2.45) is 0 Å². The predicted octanol–water partition coefficient (Wildman–Crippen LogP) is 3.39. The number of hydrogen-bond acceptors (Lipinski definition) is 6. The summed E-state index contributed by atoms with van der Waals surface area (Å²) in [5.74, 6) is 1.83. The quantitative estimate of drug-likeness (QED) is 0.625. The largest absolute Gasteiger partial charge is 0.493 e. The minimum Gasteiger partial charge on any atom is -0.493 e. The Hall–Kier alpha value is -3.35. The number of benzene rings is 2. The van der Waals surface area contributed by atoms with Crippen molar-refractivity contribution in [3.8, 4) is 11.6 Å². The van der Waals surface area contributed by atoms with E-state index in [9.17, 15) is 4.79 Å². The van der Waals surface area contributed by atoms with Crippen LogP contribution in [0.2, 0.25) is 0 Å². The van der Waals surface area contributed by atoms with E-state index in [-0.39, 0.29) is 12.0 Å². The summed E-state index contributed by atoms with van der Waals surface area (Å²) in [6, 6.07) is 15.4. The first-order valence-electron chi connectivity index (χ1n) is 10.2. The summed E-state index contributed by atoms with van der Waals surface area (Å²) in [6.07, 6.45) is 0.636.